The highest BCUT2D eigenvalue weighted by molar-refractivity contribution is 5.84. The highest BCUT2D eigenvalue weighted by Crippen LogP contribution is 2.28. The third kappa shape index (κ3) is 2.34. The minimum absolute atomic E-state index is 0.354. The molecule has 1 aromatic carbocycles. The number of esters is 1. The van der Waals surface area contributed by atoms with E-state index in [0.717, 1.165) is 11.4 Å². The summed E-state index contributed by atoms with van der Waals surface area (Å²) in [6, 6.07) is 7.58. The summed E-state index contributed by atoms with van der Waals surface area (Å²) < 4.78 is 10.3. The van der Waals surface area contributed by atoms with Gasteiger partial charge in [0.25, 0.3) is 0 Å². The van der Waals surface area contributed by atoms with Gasteiger partial charge >= 0.3 is 5.97 Å². The van der Waals surface area contributed by atoms with Crippen molar-refractivity contribution in [3.05, 3.63) is 36.0 Å². The number of hydrogen-bond donors (Lipinski definition) is 1. The number of nitrogens with one attached hydrogen (secondary N) is 1. The van der Waals surface area contributed by atoms with Crippen molar-refractivity contribution in [2.45, 2.75) is 6.92 Å². The molecule has 1 aliphatic heterocycles. The van der Waals surface area contributed by atoms with E-state index in [1.54, 1.807) is 6.92 Å². The van der Waals surface area contributed by atoms with Crippen molar-refractivity contribution in [2.24, 2.45) is 0 Å². The number of para-hydroxylation sites is 2. The van der Waals surface area contributed by atoms with Crippen molar-refractivity contribution in [1.29, 1.82) is 0 Å². The molecule has 1 aliphatic rings. The van der Waals surface area contributed by atoms with Crippen LogP contribution in [-0.4, -0.2) is 19.2 Å². The summed E-state index contributed by atoms with van der Waals surface area (Å²) in [6.45, 7) is 2.51. The van der Waals surface area contributed by atoms with Gasteiger partial charge in [-0.1, -0.05) is 12.1 Å². The normalized spacial score (nSPS) is 15.9. The highest BCUT2D eigenvalue weighted by Gasteiger charge is 2.13. The molecule has 16 heavy (non-hydrogen) atoms. The van der Waals surface area contributed by atoms with Crippen LogP contribution in [-0.2, 0) is 9.53 Å². The van der Waals surface area contributed by atoms with Crippen LogP contribution < -0.4 is 10.1 Å². The van der Waals surface area contributed by atoms with Gasteiger partial charge in [0.15, 0.2) is 0 Å². The summed E-state index contributed by atoms with van der Waals surface area (Å²) >= 11 is 0. The van der Waals surface area contributed by atoms with Gasteiger partial charge in [-0.2, -0.15) is 0 Å². The fourth-order valence-electron chi connectivity index (χ4n) is 1.46. The molecule has 0 atom stereocenters. The van der Waals surface area contributed by atoms with Gasteiger partial charge in [-0.05, 0) is 19.1 Å². The SMILES string of the molecule is CCOC(=O)/C=C1/COc2ccccc2N1. The quantitative estimate of drug-likeness (QED) is 0.610. The summed E-state index contributed by atoms with van der Waals surface area (Å²) in [5, 5.41) is 3.12. The van der Waals surface area contributed by atoms with Crippen LogP contribution in [0, 0.1) is 0 Å². The van der Waals surface area contributed by atoms with Crippen LogP contribution >= 0.6 is 0 Å². The zero-order chi connectivity index (χ0) is 11.4. The van der Waals surface area contributed by atoms with Crippen LogP contribution in [0.2, 0.25) is 0 Å². The predicted molar refractivity (Wildman–Crippen MR) is 60.3 cm³/mol. The van der Waals surface area contributed by atoms with Gasteiger partial charge in [-0.15, -0.1) is 0 Å². The fourth-order valence-corrected chi connectivity index (χ4v) is 1.46. The zero-order valence-electron chi connectivity index (χ0n) is 9.03. The Hall–Kier alpha value is -1.97. The first-order chi connectivity index (χ1) is 7.79. The average Bonchev–Trinajstić information content (AvgIpc) is 2.29. The maximum atomic E-state index is 11.2. The van der Waals surface area contributed by atoms with Gasteiger partial charge in [-0.3, -0.25) is 0 Å². The minimum Gasteiger partial charge on any atom is -0.485 e. The molecule has 84 valence electrons. The number of ether oxygens (including phenoxy) is 2. The molecule has 0 amide bonds. The zero-order valence-corrected chi connectivity index (χ0v) is 9.03. The van der Waals surface area contributed by atoms with E-state index in [0.29, 0.717) is 18.9 Å². The second kappa shape index (κ2) is 4.70. The Labute approximate surface area is 93.9 Å². The monoisotopic (exact) mass is 219 g/mol. The summed E-state index contributed by atoms with van der Waals surface area (Å²) in [6.07, 6.45) is 1.42. The molecule has 0 fully saturated rings. The molecule has 4 nitrogen and oxygen atoms in total. The molecule has 0 aromatic heterocycles. The minimum atomic E-state index is -0.354. The third-order valence-electron chi connectivity index (χ3n) is 2.14. The first-order valence-electron chi connectivity index (χ1n) is 5.16. The van der Waals surface area contributed by atoms with Gasteiger partial charge in [0, 0.05) is 6.08 Å². The summed E-state index contributed by atoms with van der Waals surface area (Å²) in [5.74, 6) is 0.441. The lowest BCUT2D eigenvalue weighted by Crippen LogP contribution is -2.18. The molecule has 0 saturated carbocycles. The Kier molecular flexibility index (Phi) is 3.10. The van der Waals surface area contributed by atoms with E-state index in [1.165, 1.54) is 6.08 Å². The topological polar surface area (TPSA) is 47.6 Å². The van der Waals surface area contributed by atoms with Crippen LogP contribution in [0.1, 0.15) is 6.92 Å². The first-order valence-corrected chi connectivity index (χ1v) is 5.16. The van der Waals surface area contributed by atoms with Crippen molar-refractivity contribution in [2.75, 3.05) is 18.5 Å². The number of benzene rings is 1. The summed E-state index contributed by atoms with van der Waals surface area (Å²) in [7, 11) is 0. The second-order valence-electron chi connectivity index (χ2n) is 3.33. The maximum absolute atomic E-state index is 11.2. The molecule has 0 saturated heterocycles. The molecule has 4 heteroatoms. The van der Waals surface area contributed by atoms with Crippen molar-refractivity contribution < 1.29 is 14.3 Å². The molecule has 0 bridgehead atoms. The molecular weight excluding hydrogens is 206 g/mol. The molecule has 0 spiro atoms. The van der Waals surface area contributed by atoms with E-state index in [4.69, 9.17) is 9.47 Å². The van der Waals surface area contributed by atoms with Gasteiger partial charge in [0.1, 0.15) is 12.4 Å². The molecule has 0 aliphatic carbocycles. The van der Waals surface area contributed by atoms with Crippen molar-refractivity contribution in [3.63, 3.8) is 0 Å². The third-order valence-corrected chi connectivity index (χ3v) is 2.14. The van der Waals surface area contributed by atoms with Crippen LogP contribution in [0.3, 0.4) is 0 Å². The maximum Gasteiger partial charge on any atom is 0.332 e. The van der Waals surface area contributed by atoms with E-state index in [1.807, 2.05) is 24.3 Å². The fraction of sp³-hybridized carbons (Fsp3) is 0.250. The van der Waals surface area contributed by atoms with E-state index < -0.39 is 0 Å². The van der Waals surface area contributed by atoms with Crippen LogP contribution in [0.25, 0.3) is 0 Å². The standard InChI is InChI=1S/C12H13NO3/c1-2-15-12(14)7-9-8-16-11-6-4-3-5-10(11)13-9/h3-7,13H,2,8H2,1H3/b9-7-. The lowest BCUT2D eigenvalue weighted by Gasteiger charge is -2.21. The number of carbonyl (C=O) groups excluding carboxylic acids is 1. The number of anilines is 1. The number of rotatable bonds is 2. The van der Waals surface area contributed by atoms with Crippen LogP contribution in [0.15, 0.2) is 36.0 Å². The predicted octanol–water partition coefficient (Wildman–Crippen LogP) is 1.94. The number of carbonyl (C=O) groups is 1. The van der Waals surface area contributed by atoms with Gasteiger partial charge in [-0.25, -0.2) is 4.79 Å². The number of fused-ring (bicyclic) bond motifs is 1. The molecule has 1 N–H and O–H groups in total. The van der Waals surface area contributed by atoms with E-state index in [2.05, 4.69) is 5.32 Å². The molecule has 0 unspecified atom stereocenters. The molecule has 2 rings (SSSR count). The van der Waals surface area contributed by atoms with E-state index >= 15 is 0 Å². The Balaban J connectivity index is 2.10. The van der Waals surface area contributed by atoms with Gasteiger partial charge in [0.2, 0.25) is 0 Å². The lowest BCUT2D eigenvalue weighted by atomic mass is 10.2. The summed E-state index contributed by atoms with van der Waals surface area (Å²) in [5.41, 5.74) is 1.57. The van der Waals surface area contributed by atoms with Gasteiger partial charge in [0.05, 0.1) is 18.0 Å². The molecule has 1 aromatic rings. The Bertz CT molecular complexity index is 426. The molecule has 0 radical (unpaired) electrons. The Morgan fingerprint density at radius 1 is 1.56 bits per heavy atom. The van der Waals surface area contributed by atoms with E-state index in [9.17, 15) is 4.79 Å². The lowest BCUT2D eigenvalue weighted by molar-refractivity contribution is -0.137. The number of hydrogen-bond acceptors (Lipinski definition) is 4. The van der Waals surface area contributed by atoms with E-state index in [-0.39, 0.29) is 5.97 Å². The Morgan fingerprint density at radius 3 is 3.19 bits per heavy atom. The average molecular weight is 219 g/mol. The summed E-state index contributed by atoms with van der Waals surface area (Å²) in [4.78, 5) is 11.2. The molecule has 1 heterocycles. The smallest absolute Gasteiger partial charge is 0.332 e. The van der Waals surface area contributed by atoms with Gasteiger partial charge < -0.3 is 14.8 Å². The van der Waals surface area contributed by atoms with Crippen molar-refractivity contribution in [3.8, 4) is 5.75 Å². The van der Waals surface area contributed by atoms with Crippen molar-refractivity contribution in [1.82, 2.24) is 0 Å². The second-order valence-corrected chi connectivity index (χ2v) is 3.33. The van der Waals surface area contributed by atoms with Crippen LogP contribution in [0.5, 0.6) is 5.75 Å². The first kappa shape index (κ1) is 10.5. The highest BCUT2D eigenvalue weighted by atomic mass is 16.5. The van der Waals surface area contributed by atoms with Crippen molar-refractivity contribution >= 4 is 11.7 Å². The largest absolute Gasteiger partial charge is 0.485 e. The Morgan fingerprint density at radius 2 is 2.38 bits per heavy atom. The molecular formula is C12H13NO3. The van der Waals surface area contributed by atoms with Crippen LogP contribution in [0.4, 0.5) is 5.69 Å².